The van der Waals surface area contributed by atoms with Crippen molar-refractivity contribution in [2.45, 2.75) is 13.0 Å². The molecule has 1 heterocycles. The second kappa shape index (κ2) is 6.05. The maximum Gasteiger partial charge on any atom is 0.258 e. The number of hydrogen-bond donors (Lipinski definition) is 1. The number of carbonyl (C=O) groups is 1. The number of rotatable bonds is 4. The first kappa shape index (κ1) is 15.2. The number of amides is 1. The molecule has 6 nitrogen and oxygen atoms in total. The van der Waals surface area contributed by atoms with Gasteiger partial charge in [0.15, 0.2) is 0 Å². The molecule has 0 spiro atoms. The van der Waals surface area contributed by atoms with Gasteiger partial charge >= 0.3 is 0 Å². The minimum Gasteiger partial charge on any atom is -0.348 e. The van der Waals surface area contributed by atoms with E-state index in [9.17, 15) is 9.59 Å². The van der Waals surface area contributed by atoms with E-state index in [-0.39, 0.29) is 24.1 Å². The van der Waals surface area contributed by atoms with Gasteiger partial charge in [0.1, 0.15) is 5.82 Å². The van der Waals surface area contributed by atoms with Gasteiger partial charge < -0.3 is 9.88 Å². The van der Waals surface area contributed by atoms with E-state index in [2.05, 4.69) is 9.97 Å². The van der Waals surface area contributed by atoms with Crippen molar-refractivity contribution in [3.05, 3.63) is 40.4 Å². The second-order valence-corrected chi connectivity index (χ2v) is 5.35. The number of para-hydroxylation sites is 1. The summed E-state index contributed by atoms with van der Waals surface area (Å²) in [4.78, 5) is 34.5. The number of fused-ring (bicyclic) bond motifs is 1. The lowest BCUT2D eigenvalue weighted by atomic mass is 10.2. The summed E-state index contributed by atoms with van der Waals surface area (Å²) in [5.41, 5.74) is 0.505. The van der Waals surface area contributed by atoms with Crippen molar-refractivity contribution >= 4 is 16.8 Å². The van der Waals surface area contributed by atoms with Crippen LogP contribution in [0.3, 0.4) is 0 Å². The summed E-state index contributed by atoms with van der Waals surface area (Å²) in [6.07, 6.45) is 0. The Labute approximate surface area is 123 Å². The van der Waals surface area contributed by atoms with Gasteiger partial charge in [-0.25, -0.2) is 4.98 Å². The first-order valence-electron chi connectivity index (χ1n) is 6.79. The number of carbonyl (C=O) groups excluding carboxylic acids is 1. The highest BCUT2D eigenvalue weighted by Crippen LogP contribution is 2.15. The van der Waals surface area contributed by atoms with Crippen LogP contribution in [-0.2, 0) is 4.79 Å². The number of nitrogens with zero attached hydrogens (tertiary/aromatic N) is 3. The number of aromatic amines is 1. The quantitative estimate of drug-likeness (QED) is 0.911. The van der Waals surface area contributed by atoms with E-state index >= 15 is 0 Å². The molecule has 1 aromatic heterocycles. The van der Waals surface area contributed by atoms with Crippen molar-refractivity contribution in [3.8, 4) is 0 Å². The lowest BCUT2D eigenvalue weighted by Crippen LogP contribution is -2.36. The average molecular weight is 288 g/mol. The molecule has 0 saturated carbocycles. The molecule has 0 aliphatic heterocycles. The van der Waals surface area contributed by atoms with Crippen molar-refractivity contribution in [2.24, 2.45) is 0 Å². The van der Waals surface area contributed by atoms with Crippen molar-refractivity contribution in [1.29, 1.82) is 0 Å². The van der Waals surface area contributed by atoms with E-state index in [4.69, 9.17) is 0 Å². The summed E-state index contributed by atoms with van der Waals surface area (Å²) < 4.78 is 0. The van der Waals surface area contributed by atoms with Crippen LogP contribution in [0.1, 0.15) is 18.8 Å². The van der Waals surface area contributed by atoms with Gasteiger partial charge in [-0.1, -0.05) is 12.1 Å². The van der Waals surface area contributed by atoms with Crippen LogP contribution in [0.25, 0.3) is 10.9 Å². The van der Waals surface area contributed by atoms with Crippen molar-refractivity contribution < 1.29 is 4.79 Å². The standard InChI is InChI=1S/C15H20N4O2/c1-10(19(4)9-13(20)18(2)3)14-16-12-8-6-5-7-11(12)15(21)17-14/h5-8,10H,9H2,1-4H3,(H,16,17,21)/t10-/m0/s1. The summed E-state index contributed by atoms with van der Waals surface area (Å²) in [5.74, 6) is 0.570. The molecule has 0 saturated heterocycles. The van der Waals surface area contributed by atoms with Gasteiger partial charge in [-0.2, -0.15) is 0 Å². The number of H-pyrrole nitrogens is 1. The number of likely N-dealkylation sites (N-methyl/N-ethyl adjacent to an activating group) is 2. The van der Waals surface area contributed by atoms with Crippen LogP contribution in [-0.4, -0.2) is 53.4 Å². The van der Waals surface area contributed by atoms with Crippen LogP contribution in [0.5, 0.6) is 0 Å². The van der Waals surface area contributed by atoms with Gasteiger partial charge in [0.25, 0.3) is 5.56 Å². The lowest BCUT2D eigenvalue weighted by Gasteiger charge is -2.24. The normalized spacial score (nSPS) is 12.6. The number of benzene rings is 1. The molecular weight excluding hydrogens is 268 g/mol. The zero-order chi connectivity index (χ0) is 15.6. The highest BCUT2D eigenvalue weighted by atomic mass is 16.2. The third kappa shape index (κ3) is 3.28. The summed E-state index contributed by atoms with van der Waals surface area (Å²) in [5, 5.41) is 0.570. The fourth-order valence-corrected chi connectivity index (χ4v) is 2.00. The molecule has 1 atom stereocenters. The van der Waals surface area contributed by atoms with E-state index in [0.717, 1.165) is 0 Å². The van der Waals surface area contributed by atoms with E-state index in [1.54, 1.807) is 25.1 Å². The van der Waals surface area contributed by atoms with Gasteiger partial charge in [0.05, 0.1) is 23.5 Å². The largest absolute Gasteiger partial charge is 0.348 e. The molecule has 0 fully saturated rings. The molecule has 0 aliphatic rings. The van der Waals surface area contributed by atoms with Crippen molar-refractivity contribution in [3.63, 3.8) is 0 Å². The molecule has 0 bridgehead atoms. The molecule has 1 amide bonds. The predicted octanol–water partition coefficient (Wildman–Crippen LogP) is 1.00. The molecule has 0 aliphatic carbocycles. The summed E-state index contributed by atoms with van der Waals surface area (Å²) in [7, 11) is 5.27. The van der Waals surface area contributed by atoms with Crippen LogP contribution >= 0.6 is 0 Å². The monoisotopic (exact) mass is 288 g/mol. The second-order valence-electron chi connectivity index (χ2n) is 5.35. The van der Waals surface area contributed by atoms with Crippen LogP contribution < -0.4 is 5.56 Å². The molecule has 1 aromatic carbocycles. The average Bonchev–Trinajstić information content (AvgIpc) is 2.46. The topological polar surface area (TPSA) is 69.3 Å². The Bertz CT molecular complexity index is 708. The number of hydrogen-bond acceptors (Lipinski definition) is 4. The van der Waals surface area contributed by atoms with Crippen LogP contribution in [0, 0.1) is 0 Å². The molecule has 112 valence electrons. The van der Waals surface area contributed by atoms with Crippen LogP contribution in [0.15, 0.2) is 29.1 Å². The predicted molar refractivity (Wildman–Crippen MR) is 82.1 cm³/mol. The zero-order valence-corrected chi connectivity index (χ0v) is 12.8. The van der Waals surface area contributed by atoms with Gasteiger partial charge in [-0.15, -0.1) is 0 Å². The maximum atomic E-state index is 12.1. The highest BCUT2D eigenvalue weighted by Gasteiger charge is 2.18. The van der Waals surface area contributed by atoms with Crippen LogP contribution in [0.2, 0.25) is 0 Å². The molecule has 2 aromatic rings. The Balaban J connectivity index is 2.29. The summed E-state index contributed by atoms with van der Waals surface area (Å²) in [6, 6.07) is 7.05. The summed E-state index contributed by atoms with van der Waals surface area (Å²) >= 11 is 0. The van der Waals surface area contributed by atoms with Crippen LogP contribution in [0.4, 0.5) is 0 Å². The van der Waals surface area contributed by atoms with E-state index in [0.29, 0.717) is 16.7 Å². The summed E-state index contributed by atoms with van der Waals surface area (Å²) in [6.45, 7) is 2.18. The van der Waals surface area contributed by atoms with E-state index < -0.39 is 0 Å². The fraction of sp³-hybridized carbons (Fsp3) is 0.400. The Morgan fingerprint density at radius 1 is 1.29 bits per heavy atom. The zero-order valence-electron chi connectivity index (χ0n) is 12.8. The van der Waals surface area contributed by atoms with Crippen molar-refractivity contribution in [1.82, 2.24) is 19.8 Å². The SMILES string of the molecule is C[C@@H](c1nc2ccccc2c(=O)[nH]1)N(C)CC(=O)N(C)C. The smallest absolute Gasteiger partial charge is 0.258 e. The van der Waals surface area contributed by atoms with Crippen molar-refractivity contribution in [2.75, 3.05) is 27.7 Å². The molecule has 2 rings (SSSR count). The van der Waals surface area contributed by atoms with Gasteiger partial charge in [0, 0.05) is 14.1 Å². The Morgan fingerprint density at radius 3 is 2.62 bits per heavy atom. The lowest BCUT2D eigenvalue weighted by molar-refractivity contribution is -0.130. The third-order valence-corrected chi connectivity index (χ3v) is 3.57. The molecule has 1 N–H and O–H groups in total. The molecule has 0 radical (unpaired) electrons. The van der Waals surface area contributed by atoms with Gasteiger partial charge in [-0.3, -0.25) is 14.5 Å². The first-order valence-corrected chi connectivity index (χ1v) is 6.79. The third-order valence-electron chi connectivity index (χ3n) is 3.57. The minimum absolute atomic E-state index is 0.00693. The van der Waals surface area contributed by atoms with E-state index in [1.165, 1.54) is 0 Å². The van der Waals surface area contributed by atoms with Gasteiger partial charge in [0.2, 0.25) is 5.91 Å². The number of aromatic nitrogens is 2. The highest BCUT2D eigenvalue weighted by molar-refractivity contribution is 5.78. The molecule has 6 heteroatoms. The van der Waals surface area contributed by atoms with Gasteiger partial charge in [-0.05, 0) is 26.1 Å². The molecule has 0 unspecified atom stereocenters. The number of nitrogens with one attached hydrogen (secondary N) is 1. The first-order chi connectivity index (χ1) is 9.90. The minimum atomic E-state index is -0.161. The Kier molecular flexibility index (Phi) is 4.37. The Hall–Kier alpha value is -2.21. The maximum absolute atomic E-state index is 12.1. The Morgan fingerprint density at radius 2 is 1.95 bits per heavy atom. The fourth-order valence-electron chi connectivity index (χ4n) is 2.00. The molecular formula is C15H20N4O2. The van der Waals surface area contributed by atoms with E-state index in [1.807, 2.05) is 37.1 Å². The molecule has 21 heavy (non-hydrogen) atoms.